The van der Waals surface area contributed by atoms with Crippen LogP contribution in [0.25, 0.3) is 0 Å². The average molecular weight is 216 g/mol. The van der Waals surface area contributed by atoms with Crippen molar-refractivity contribution >= 4 is 5.91 Å². The Morgan fingerprint density at radius 2 is 2.13 bits per heavy atom. The van der Waals surface area contributed by atoms with E-state index in [9.17, 15) is 4.79 Å². The fourth-order valence-electron chi connectivity index (χ4n) is 1.51. The van der Waals surface area contributed by atoms with E-state index in [0.717, 1.165) is 6.42 Å². The Labute approximate surface area is 90.5 Å². The zero-order valence-electron chi connectivity index (χ0n) is 9.49. The molecular formula is C10H20N2O3. The molecule has 1 saturated heterocycles. The minimum Gasteiger partial charge on any atom is -0.382 e. The van der Waals surface area contributed by atoms with Crippen molar-refractivity contribution in [1.82, 2.24) is 4.90 Å². The first kappa shape index (κ1) is 12.4. The zero-order valence-corrected chi connectivity index (χ0v) is 9.49. The number of rotatable bonds is 6. The predicted molar refractivity (Wildman–Crippen MR) is 56.5 cm³/mol. The molecule has 0 unspecified atom stereocenters. The lowest BCUT2D eigenvalue weighted by Gasteiger charge is -2.47. The minimum absolute atomic E-state index is 0.0145. The molecule has 88 valence electrons. The Balaban J connectivity index is 2.10. The summed E-state index contributed by atoms with van der Waals surface area (Å²) in [5.41, 5.74) is 5.79. The van der Waals surface area contributed by atoms with E-state index in [0.29, 0.717) is 26.3 Å². The summed E-state index contributed by atoms with van der Waals surface area (Å²) in [5, 5.41) is 0. The first-order valence-corrected chi connectivity index (χ1v) is 5.24. The Kier molecular flexibility index (Phi) is 4.50. The van der Waals surface area contributed by atoms with Gasteiger partial charge in [0.2, 0.25) is 5.91 Å². The van der Waals surface area contributed by atoms with Crippen molar-refractivity contribution in [3.05, 3.63) is 0 Å². The second kappa shape index (κ2) is 5.44. The van der Waals surface area contributed by atoms with Gasteiger partial charge in [-0.15, -0.1) is 0 Å². The molecule has 1 amide bonds. The number of methoxy groups -OCH3 is 1. The molecule has 1 aliphatic heterocycles. The number of ether oxygens (including phenoxy) is 2. The number of hydrogen-bond acceptors (Lipinski definition) is 4. The Hall–Kier alpha value is -0.650. The third kappa shape index (κ3) is 3.44. The van der Waals surface area contributed by atoms with E-state index < -0.39 is 0 Å². The van der Waals surface area contributed by atoms with Gasteiger partial charge in [0.1, 0.15) is 6.61 Å². The summed E-state index contributed by atoms with van der Waals surface area (Å²) in [4.78, 5) is 13.2. The minimum atomic E-state index is -0.164. The van der Waals surface area contributed by atoms with Crippen LogP contribution in [0.2, 0.25) is 0 Å². The molecule has 0 radical (unpaired) electrons. The number of amides is 1. The first-order chi connectivity index (χ1) is 7.11. The van der Waals surface area contributed by atoms with Gasteiger partial charge in [0.15, 0.2) is 0 Å². The SMILES string of the molecule is CCC1(N)CN(C(=O)COCCOC)C1. The van der Waals surface area contributed by atoms with Gasteiger partial charge in [-0.1, -0.05) is 6.92 Å². The number of nitrogens with two attached hydrogens (primary N) is 1. The van der Waals surface area contributed by atoms with Crippen LogP contribution in [-0.2, 0) is 14.3 Å². The van der Waals surface area contributed by atoms with E-state index in [1.54, 1.807) is 12.0 Å². The lowest BCUT2D eigenvalue weighted by molar-refractivity contribution is -0.144. The van der Waals surface area contributed by atoms with Crippen LogP contribution in [0.4, 0.5) is 0 Å². The summed E-state index contributed by atoms with van der Waals surface area (Å²) < 4.78 is 9.94. The van der Waals surface area contributed by atoms with E-state index in [-0.39, 0.29) is 18.1 Å². The highest BCUT2D eigenvalue weighted by molar-refractivity contribution is 5.78. The van der Waals surface area contributed by atoms with Crippen molar-refractivity contribution in [3.8, 4) is 0 Å². The zero-order chi connectivity index (χ0) is 11.3. The highest BCUT2D eigenvalue weighted by Gasteiger charge is 2.40. The molecule has 5 heteroatoms. The maximum atomic E-state index is 11.5. The molecule has 0 aromatic heterocycles. The number of hydrogen-bond donors (Lipinski definition) is 1. The molecule has 0 bridgehead atoms. The van der Waals surface area contributed by atoms with Crippen LogP contribution in [0, 0.1) is 0 Å². The van der Waals surface area contributed by atoms with E-state index in [1.165, 1.54) is 0 Å². The van der Waals surface area contributed by atoms with Crippen LogP contribution in [0.3, 0.4) is 0 Å². The van der Waals surface area contributed by atoms with Crippen molar-refractivity contribution in [1.29, 1.82) is 0 Å². The molecule has 0 saturated carbocycles. The number of carbonyl (C=O) groups is 1. The molecule has 0 aliphatic carbocycles. The van der Waals surface area contributed by atoms with Crippen molar-refractivity contribution in [2.45, 2.75) is 18.9 Å². The number of nitrogens with zero attached hydrogens (tertiary/aromatic N) is 1. The Morgan fingerprint density at radius 3 is 2.67 bits per heavy atom. The van der Waals surface area contributed by atoms with E-state index in [1.807, 2.05) is 6.92 Å². The number of likely N-dealkylation sites (tertiary alicyclic amines) is 1. The summed E-state index contributed by atoms with van der Waals surface area (Å²) in [5.74, 6) is 0.0145. The normalized spacial score (nSPS) is 18.7. The van der Waals surface area contributed by atoms with Crippen molar-refractivity contribution in [2.24, 2.45) is 5.73 Å². The molecule has 15 heavy (non-hydrogen) atoms. The summed E-state index contributed by atoms with van der Waals surface area (Å²) in [6, 6.07) is 0. The summed E-state index contributed by atoms with van der Waals surface area (Å²) in [7, 11) is 1.60. The molecule has 5 nitrogen and oxygen atoms in total. The van der Waals surface area contributed by atoms with Gasteiger partial charge in [0.05, 0.1) is 18.8 Å². The van der Waals surface area contributed by atoms with Gasteiger partial charge in [-0.05, 0) is 6.42 Å². The van der Waals surface area contributed by atoms with Crippen LogP contribution < -0.4 is 5.73 Å². The van der Waals surface area contributed by atoms with Crippen LogP contribution in [0.15, 0.2) is 0 Å². The van der Waals surface area contributed by atoms with Crippen molar-refractivity contribution in [3.63, 3.8) is 0 Å². The molecule has 1 rings (SSSR count). The standard InChI is InChI=1S/C10H20N2O3/c1-3-10(11)7-12(8-10)9(13)6-15-5-4-14-2/h3-8,11H2,1-2H3. The molecule has 1 heterocycles. The van der Waals surface area contributed by atoms with Crippen molar-refractivity contribution < 1.29 is 14.3 Å². The second-order valence-electron chi connectivity index (χ2n) is 4.01. The molecular weight excluding hydrogens is 196 g/mol. The lowest BCUT2D eigenvalue weighted by Crippen LogP contribution is -2.68. The van der Waals surface area contributed by atoms with Crippen LogP contribution >= 0.6 is 0 Å². The highest BCUT2D eigenvalue weighted by atomic mass is 16.5. The van der Waals surface area contributed by atoms with Crippen molar-refractivity contribution in [2.75, 3.05) is 40.0 Å². The largest absolute Gasteiger partial charge is 0.382 e. The second-order valence-corrected chi connectivity index (χ2v) is 4.01. The summed E-state index contributed by atoms with van der Waals surface area (Å²) in [6.07, 6.45) is 0.904. The Bertz CT molecular complexity index is 215. The molecule has 0 spiro atoms. The third-order valence-electron chi connectivity index (χ3n) is 2.73. The molecule has 0 aromatic rings. The maximum absolute atomic E-state index is 11.5. The van der Waals surface area contributed by atoms with Gasteiger partial charge in [0, 0.05) is 20.2 Å². The van der Waals surface area contributed by atoms with E-state index >= 15 is 0 Å². The van der Waals surface area contributed by atoms with Gasteiger partial charge >= 0.3 is 0 Å². The predicted octanol–water partition coefficient (Wildman–Crippen LogP) is -0.401. The molecule has 1 aliphatic rings. The van der Waals surface area contributed by atoms with Gasteiger partial charge in [0.25, 0.3) is 0 Å². The fourth-order valence-corrected chi connectivity index (χ4v) is 1.51. The Morgan fingerprint density at radius 1 is 1.47 bits per heavy atom. The van der Waals surface area contributed by atoms with Gasteiger partial charge in [-0.3, -0.25) is 4.79 Å². The molecule has 1 fully saturated rings. The quantitative estimate of drug-likeness (QED) is 0.614. The summed E-state index contributed by atoms with van der Waals surface area (Å²) >= 11 is 0. The molecule has 0 atom stereocenters. The van der Waals surface area contributed by atoms with Gasteiger partial charge in [-0.2, -0.15) is 0 Å². The fraction of sp³-hybridized carbons (Fsp3) is 0.900. The smallest absolute Gasteiger partial charge is 0.248 e. The maximum Gasteiger partial charge on any atom is 0.248 e. The van der Waals surface area contributed by atoms with Crippen LogP contribution in [-0.4, -0.2) is 56.4 Å². The lowest BCUT2D eigenvalue weighted by atomic mass is 9.88. The monoisotopic (exact) mass is 216 g/mol. The van der Waals surface area contributed by atoms with Crippen LogP contribution in [0.5, 0.6) is 0 Å². The molecule has 0 aromatic carbocycles. The topological polar surface area (TPSA) is 64.8 Å². The van der Waals surface area contributed by atoms with Crippen LogP contribution in [0.1, 0.15) is 13.3 Å². The molecule has 2 N–H and O–H groups in total. The third-order valence-corrected chi connectivity index (χ3v) is 2.73. The van der Waals surface area contributed by atoms with Gasteiger partial charge in [-0.25, -0.2) is 0 Å². The highest BCUT2D eigenvalue weighted by Crippen LogP contribution is 2.21. The van der Waals surface area contributed by atoms with Gasteiger partial charge < -0.3 is 20.1 Å². The number of carbonyl (C=O) groups excluding carboxylic acids is 1. The van der Waals surface area contributed by atoms with E-state index in [2.05, 4.69) is 0 Å². The summed E-state index contributed by atoms with van der Waals surface area (Å²) in [6.45, 7) is 4.44. The average Bonchev–Trinajstić information content (AvgIpc) is 2.19. The van der Waals surface area contributed by atoms with E-state index in [4.69, 9.17) is 15.2 Å². The first-order valence-electron chi connectivity index (χ1n) is 5.24.